The molecule has 0 bridgehead atoms. The Morgan fingerprint density at radius 1 is 1.32 bits per heavy atom. The lowest BCUT2D eigenvalue weighted by Crippen LogP contribution is -2.37. The zero-order valence-electron chi connectivity index (χ0n) is 11.5. The van der Waals surface area contributed by atoms with Crippen LogP contribution in [0.3, 0.4) is 0 Å². The highest BCUT2D eigenvalue weighted by molar-refractivity contribution is 5.63. The largest absolute Gasteiger partial charge is 0.444 e. The van der Waals surface area contributed by atoms with Gasteiger partial charge in [0.25, 0.3) is 0 Å². The summed E-state index contributed by atoms with van der Waals surface area (Å²) in [4.78, 5) is 3.96. The Morgan fingerprint density at radius 2 is 2.16 bits per heavy atom. The maximum absolute atomic E-state index is 5.33. The van der Waals surface area contributed by atoms with Gasteiger partial charge in [-0.25, -0.2) is 4.98 Å². The van der Waals surface area contributed by atoms with Crippen molar-refractivity contribution in [3.05, 3.63) is 36.9 Å². The van der Waals surface area contributed by atoms with Crippen molar-refractivity contribution in [1.82, 2.24) is 4.98 Å². The van der Waals surface area contributed by atoms with Crippen LogP contribution in [0.5, 0.6) is 0 Å². The zero-order chi connectivity index (χ0) is 13.2. The molecule has 0 amide bonds. The molecule has 2 aromatic rings. The second-order valence-corrected chi connectivity index (χ2v) is 5.76. The SMILES string of the molecule is CC(C)C1CC(Nc2cccc(-c3cnco3)c2)C1. The summed E-state index contributed by atoms with van der Waals surface area (Å²) < 4.78 is 5.33. The maximum Gasteiger partial charge on any atom is 0.181 e. The molecule has 1 aliphatic rings. The maximum atomic E-state index is 5.33. The van der Waals surface area contributed by atoms with Crippen molar-refractivity contribution in [2.75, 3.05) is 5.32 Å². The number of oxazole rings is 1. The smallest absolute Gasteiger partial charge is 0.181 e. The van der Waals surface area contributed by atoms with Gasteiger partial charge in [-0.15, -0.1) is 0 Å². The number of benzene rings is 1. The number of aromatic nitrogens is 1. The Kier molecular flexibility index (Phi) is 3.28. The summed E-state index contributed by atoms with van der Waals surface area (Å²) in [5.41, 5.74) is 2.24. The average molecular weight is 256 g/mol. The van der Waals surface area contributed by atoms with Crippen molar-refractivity contribution in [2.24, 2.45) is 11.8 Å². The Morgan fingerprint density at radius 3 is 2.84 bits per heavy atom. The summed E-state index contributed by atoms with van der Waals surface area (Å²) in [5, 5.41) is 3.60. The fourth-order valence-corrected chi connectivity index (χ4v) is 2.68. The highest BCUT2D eigenvalue weighted by Crippen LogP contribution is 2.35. The molecule has 3 rings (SSSR count). The van der Waals surface area contributed by atoms with Crippen LogP contribution in [0.25, 0.3) is 11.3 Å². The minimum Gasteiger partial charge on any atom is -0.444 e. The number of rotatable bonds is 4. The molecule has 1 saturated carbocycles. The van der Waals surface area contributed by atoms with Crippen LogP contribution < -0.4 is 5.32 Å². The van der Waals surface area contributed by atoms with E-state index < -0.39 is 0 Å². The van der Waals surface area contributed by atoms with Crippen LogP contribution in [0.2, 0.25) is 0 Å². The predicted octanol–water partition coefficient (Wildman–Crippen LogP) is 4.19. The molecular formula is C16H20N2O. The van der Waals surface area contributed by atoms with Crippen molar-refractivity contribution in [3.63, 3.8) is 0 Å². The van der Waals surface area contributed by atoms with Crippen LogP contribution in [0, 0.1) is 11.8 Å². The van der Waals surface area contributed by atoms with E-state index in [0.29, 0.717) is 6.04 Å². The average Bonchev–Trinajstić information content (AvgIpc) is 2.87. The molecule has 0 aliphatic heterocycles. The van der Waals surface area contributed by atoms with Gasteiger partial charge in [0.1, 0.15) is 0 Å². The molecule has 0 saturated heterocycles. The third-order valence-corrected chi connectivity index (χ3v) is 4.07. The lowest BCUT2D eigenvalue weighted by Gasteiger charge is -2.39. The first-order valence-electron chi connectivity index (χ1n) is 6.98. The van der Waals surface area contributed by atoms with Gasteiger partial charge in [0.15, 0.2) is 12.2 Å². The van der Waals surface area contributed by atoms with Crippen molar-refractivity contribution in [2.45, 2.75) is 32.7 Å². The molecule has 0 spiro atoms. The Labute approximate surface area is 114 Å². The van der Waals surface area contributed by atoms with Gasteiger partial charge < -0.3 is 9.73 Å². The third-order valence-electron chi connectivity index (χ3n) is 4.07. The molecule has 1 N–H and O–H groups in total. The van der Waals surface area contributed by atoms with Crippen LogP contribution in [-0.2, 0) is 0 Å². The molecule has 3 heteroatoms. The molecular weight excluding hydrogens is 236 g/mol. The number of nitrogens with one attached hydrogen (secondary N) is 1. The van der Waals surface area contributed by atoms with Gasteiger partial charge in [0, 0.05) is 17.3 Å². The normalized spacial score (nSPS) is 22.3. The lowest BCUT2D eigenvalue weighted by atomic mass is 9.73. The number of anilines is 1. The highest BCUT2D eigenvalue weighted by atomic mass is 16.3. The Balaban J connectivity index is 1.65. The highest BCUT2D eigenvalue weighted by Gasteiger charge is 2.30. The monoisotopic (exact) mass is 256 g/mol. The molecule has 1 aliphatic carbocycles. The quantitative estimate of drug-likeness (QED) is 0.891. The van der Waals surface area contributed by atoms with Gasteiger partial charge in [-0.2, -0.15) is 0 Å². The molecule has 19 heavy (non-hydrogen) atoms. The Hall–Kier alpha value is -1.77. The molecule has 0 unspecified atom stereocenters. The molecule has 1 heterocycles. The fraction of sp³-hybridized carbons (Fsp3) is 0.438. The lowest BCUT2D eigenvalue weighted by molar-refractivity contribution is 0.212. The summed E-state index contributed by atoms with van der Waals surface area (Å²) in [6, 6.07) is 8.96. The molecule has 3 nitrogen and oxygen atoms in total. The molecule has 1 aromatic carbocycles. The molecule has 1 fully saturated rings. The van der Waals surface area contributed by atoms with Crippen LogP contribution in [0.15, 0.2) is 41.3 Å². The van der Waals surface area contributed by atoms with Gasteiger partial charge in [-0.1, -0.05) is 26.0 Å². The summed E-state index contributed by atoms with van der Waals surface area (Å²) in [6.45, 7) is 4.62. The number of hydrogen-bond donors (Lipinski definition) is 1. The zero-order valence-corrected chi connectivity index (χ0v) is 11.5. The van der Waals surface area contributed by atoms with Gasteiger partial charge in [0.2, 0.25) is 0 Å². The van der Waals surface area contributed by atoms with Crippen LogP contribution in [0.4, 0.5) is 5.69 Å². The second-order valence-electron chi connectivity index (χ2n) is 5.76. The first-order chi connectivity index (χ1) is 9.22. The molecule has 1 aromatic heterocycles. The van der Waals surface area contributed by atoms with E-state index in [4.69, 9.17) is 4.42 Å². The number of nitrogens with zero attached hydrogens (tertiary/aromatic N) is 1. The summed E-state index contributed by atoms with van der Waals surface area (Å²) in [6.07, 6.45) is 5.78. The first kappa shape index (κ1) is 12.3. The predicted molar refractivity (Wildman–Crippen MR) is 76.9 cm³/mol. The molecule has 0 radical (unpaired) electrons. The van der Waals surface area contributed by atoms with Gasteiger partial charge >= 0.3 is 0 Å². The fourth-order valence-electron chi connectivity index (χ4n) is 2.68. The minimum atomic E-state index is 0.623. The van der Waals surface area contributed by atoms with Crippen LogP contribution in [0.1, 0.15) is 26.7 Å². The van der Waals surface area contributed by atoms with E-state index in [1.807, 2.05) is 6.07 Å². The van der Waals surface area contributed by atoms with Crippen molar-refractivity contribution in [1.29, 1.82) is 0 Å². The van der Waals surface area contributed by atoms with Gasteiger partial charge in [0.05, 0.1) is 6.20 Å². The first-order valence-corrected chi connectivity index (χ1v) is 6.98. The van der Waals surface area contributed by atoms with Gasteiger partial charge in [-0.05, 0) is 36.8 Å². The molecule has 100 valence electrons. The van der Waals surface area contributed by atoms with Crippen LogP contribution in [-0.4, -0.2) is 11.0 Å². The summed E-state index contributed by atoms with van der Waals surface area (Å²) in [7, 11) is 0. The van der Waals surface area contributed by atoms with E-state index in [0.717, 1.165) is 23.2 Å². The topological polar surface area (TPSA) is 38.1 Å². The summed E-state index contributed by atoms with van der Waals surface area (Å²) in [5.74, 6) is 2.51. The standard InChI is InChI=1S/C16H20N2O/c1-11(2)13-7-15(8-13)18-14-5-3-4-12(6-14)16-9-17-10-19-16/h3-6,9-11,13,15,18H,7-8H2,1-2H3. The molecule has 0 atom stereocenters. The van der Waals surface area contributed by atoms with E-state index >= 15 is 0 Å². The Bertz CT molecular complexity index is 527. The summed E-state index contributed by atoms with van der Waals surface area (Å²) >= 11 is 0. The van der Waals surface area contributed by atoms with Gasteiger partial charge in [-0.3, -0.25) is 0 Å². The van der Waals surface area contributed by atoms with Crippen molar-refractivity contribution >= 4 is 5.69 Å². The minimum absolute atomic E-state index is 0.623. The van der Waals surface area contributed by atoms with E-state index in [1.54, 1.807) is 6.20 Å². The number of hydrogen-bond acceptors (Lipinski definition) is 3. The van der Waals surface area contributed by atoms with Crippen molar-refractivity contribution in [3.8, 4) is 11.3 Å². The third kappa shape index (κ3) is 2.65. The van der Waals surface area contributed by atoms with Crippen LogP contribution >= 0.6 is 0 Å². The second kappa shape index (κ2) is 5.08. The van der Waals surface area contributed by atoms with E-state index in [9.17, 15) is 0 Å². The van der Waals surface area contributed by atoms with E-state index in [-0.39, 0.29) is 0 Å². The van der Waals surface area contributed by atoms with E-state index in [1.165, 1.54) is 24.9 Å². The van der Waals surface area contributed by atoms with Crippen molar-refractivity contribution < 1.29 is 4.42 Å². The van der Waals surface area contributed by atoms with E-state index in [2.05, 4.69) is 42.3 Å².